The molecular formula is C12H21NO2. The molecule has 3 nitrogen and oxygen atoms in total. The Morgan fingerprint density at radius 3 is 2.67 bits per heavy atom. The van der Waals surface area contributed by atoms with Gasteiger partial charge in [-0.15, -0.1) is 0 Å². The molecule has 1 N–H and O–H groups in total. The number of ether oxygens (including phenoxy) is 1. The molecule has 0 bridgehead atoms. The van der Waals surface area contributed by atoms with Crippen LogP contribution < -0.4 is 0 Å². The first-order chi connectivity index (χ1) is 6.99. The summed E-state index contributed by atoms with van der Waals surface area (Å²) in [7, 11) is 0. The van der Waals surface area contributed by atoms with Crippen LogP contribution in [0.15, 0.2) is 0 Å². The second-order valence-electron chi connectivity index (χ2n) is 4.77. The van der Waals surface area contributed by atoms with Crippen molar-refractivity contribution < 1.29 is 9.84 Å². The Balaban J connectivity index is 2.81. The Bertz CT molecular complexity index is 261. The molecule has 1 rings (SSSR count). The molecule has 1 heterocycles. The quantitative estimate of drug-likeness (QED) is 0.779. The van der Waals surface area contributed by atoms with Crippen LogP contribution in [0.4, 0.5) is 0 Å². The molecule has 0 aliphatic carbocycles. The largest absolute Gasteiger partial charge is 0.388 e. The van der Waals surface area contributed by atoms with Crippen molar-refractivity contribution >= 4 is 0 Å². The zero-order valence-electron chi connectivity index (χ0n) is 9.92. The Morgan fingerprint density at radius 2 is 2.20 bits per heavy atom. The van der Waals surface area contributed by atoms with E-state index in [2.05, 4.69) is 13.0 Å². The minimum atomic E-state index is -0.855. The zero-order chi connectivity index (χ0) is 11.5. The molecule has 0 saturated carbocycles. The minimum absolute atomic E-state index is 0.267. The van der Waals surface area contributed by atoms with Gasteiger partial charge in [0.2, 0.25) is 0 Å². The van der Waals surface area contributed by atoms with Crippen LogP contribution in [0.2, 0.25) is 0 Å². The van der Waals surface area contributed by atoms with Gasteiger partial charge in [-0.3, -0.25) is 0 Å². The van der Waals surface area contributed by atoms with Crippen LogP contribution in [-0.4, -0.2) is 22.9 Å². The number of rotatable bonds is 3. The van der Waals surface area contributed by atoms with E-state index in [1.807, 2.05) is 13.8 Å². The molecule has 0 amide bonds. The molecule has 1 aliphatic heterocycles. The number of aliphatic hydroxyl groups is 1. The van der Waals surface area contributed by atoms with Crippen molar-refractivity contribution in [2.24, 2.45) is 5.92 Å². The predicted molar refractivity (Wildman–Crippen MR) is 58.2 cm³/mol. The fraction of sp³-hybridized carbons (Fsp3) is 0.917. The molecule has 0 aromatic rings. The van der Waals surface area contributed by atoms with Crippen molar-refractivity contribution in [3.8, 4) is 6.07 Å². The van der Waals surface area contributed by atoms with Crippen molar-refractivity contribution in [2.45, 2.75) is 57.7 Å². The number of nitrogens with zero attached hydrogens (tertiary/aromatic N) is 1. The van der Waals surface area contributed by atoms with Crippen LogP contribution in [0.25, 0.3) is 0 Å². The molecule has 3 unspecified atom stereocenters. The van der Waals surface area contributed by atoms with Gasteiger partial charge in [-0.05, 0) is 19.8 Å². The molecular weight excluding hydrogens is 190 g/mol. The van der Waals surface area contributed by atoms with E-state index in [1.54, 1.807) is 0 Å². The van der Waals surface area contributed by atoms with Gasteiger partial charge in [0.05, 0.1) is 29.8 Å². The van der Waals surface area contributed by atoms with Crippen LogP contribution in [-0.2, 0) is 4.74 Å². The summed E-state index contributed by atoms with van der Waals surface area (Å²) < 4.78 is 5.68. The Labute approximate surface area is 92.0 Å². The molecule has 1 saturated heterocycles. The van der Waals surface area contributed by atoms with Crippen LogP contribution in [0.3, 0.4) is 0 Å². The normalized spacial score (nSPS) is 38.3. The Hall–Kier alpha value is -0.590. The van der Waals surface area contributed by atoms with Gasteiger partial charge in [-0.25, -0.2) is 0 Å². The first-order valence-corrected chi connectivity index (χ1v) is 5.75. The molecule has 0 aromatic carbocycles. The van der Waals surface area contributed by atoms with E-state index in [9.17, 15) is 5.11 Å². The third kappa shape index (κ3) is 2.50. The number of nitriles is 1. The van der Waals surface area contributed by atoms with Gasteiger partial charge >= 0.3 is 0 Å². The summed E-state index contributed by atoms with van der Waals surface area (Å²) in [6.07, 6.45) is 2.72. The first-order valence-electron chi connectivity index (χ1n) is 5.75. The maximum Gasteiger partial charge on any atom is 0.0854 e. The van der Waals surface area contributed by atoms with Gasteiger partial charge in [0.1, 0.15) is 0 Å². The molecule has 3 atom stereocenters. The van der Waals surface area contributed by atoms with Crippen LogP contribution in [0, 0.1) is 17.2 Å². The highest BCUT2D eigenvalue weighted by molar-refractivity contribution is 5.03. The summed E-state index contributed by atoms with van der Waals surface area (Å²) >= 11 is 0. The lowest BCUT2D eigenvalue weighted by atomic mass is 9.74. The maximum absolute atomic E-state index is 10.5. The maximum atomic E-state index is 10.5. The lowest BCUT2D eigenvalue weighted by molar-refractivity contribution is -0.166. The first kappa shape index (κ1) is 12.5. The average molecular weight is 211 g/mol. The van der Waals surface area contributed by atoms with Crippen molar-refractivity contribution in [3.05, 3.63) is 0 Å². The molecule has 15 heavy (non-hydrogen) atoms. The molecule has 1 fully saturated rings. The standard InChI is InChI=1S/C12H21NO2/c1-4-10(8-13)12(14)6-7-15-11(3,5-2)9-12/h10,14H,4-7,9H2,1-3H3. The van der Waals surface area contributed by atoms with Gasteiger partial charge in [0.15, 0.2) is 0 Å². The van der Waals surface area contributed by atoms with Crippen molar-refractivity contribution in [1.82, 2.24) is 0 Å². The summed E-state index contributed by atoms with van der Waals surface area (Å²) in [4.78, 5) is 0. The van der Waals surface area contributed by atoms with E-state index in [0.717, 1.165) is 6.42 Å². The van der Waals surface area contributed by atoms with Crippen molar-refractivity contribution in [3.63, 3.8) is 0 Å². The van der Waals surface area contributed by atoms with E-state index in [1.165, 1.54) is 0 Å². The highest BCUT2D eigenvalue weighted by Gasteiger charge is 2.45. The molecule has 1 aliphatic rings. The SMILES string of the molecule is CCC(C#N)C1(O)CCOC(C)(CC)C1. The van der Waals surface area contributed by atoms with Gasteiger partial charge in [-0.2, -0.15) is 5.26 Å². The van der Waals surface area contributed by atoms with Crippen LogP contribution in [0.5, 0.6) is 0 Å². The smallest absolute Gasteiger partial charge is 0.0854 e. The summed E-state index contributed by atoms with van der Waals surface area (Å²) in [5.41, 5.74) is -1.12. The van der Waals surface area contributed by atoms with Crippen LogP contribution in [0.1, 0.15) is 46.5 Å². The van der Waals surface area contributed by atoms with Crippen molar-refractivity contribution in [1.29, 1.82) is 5.26 Å². The molecule has 86 valence electrons. The second-order valence-corrected chi connectivity index (χ2v) is 4.77. The zero-order valence-corrected chi connectivity index (χ0v) is 9.92. The molecule has 0 spiro atoms. The summed E-state index contributed by atoms with van der Waals surface area (Å²) in [5, 5.41) is 19.5. The van der Waals surface area contributed by atoms with E-state index in [-0.39, 0.29) is 11.5 Å². The van der Waals surface area contributed by atoms with Gasteiger partial charge < -0.3 is 9.84 Å². The second kappa shape index (κ2) is 4.51. The lowest BCUT2D eigenvalue weighted by Crippen LogP contribution is -2.50. The van der Waals surface area contributed by atoms with E-state index in [0.29, 0.717) is 25.9 Å². The average Bonchev–Trinajstić information content (AvgIpc) is 2.19. The minimum Gasteiger partial charge on any atom is -0.388 e. The summed E-state index contributed by atoms with van der Waals surface area (Å²) in [6.45, 7) is 6.57. The fourth-order valence-corrected chi connectivity index (χ4v) is 2.38. The Kier molecular flexibility index (Phi) is 3.75. The molecule has 3 heteroatoms. The highest BCUT2D eigenvalue weighted by atomic mass is 16.5. The van der Waals surface area contributed by atoms with Gasteiger partial charge in [-0.1, -0.05) is 13.8 Å². The monoisotopic (exact) mass is 211 g/mol. The fourth-order valence-electron chi connectivity index (χ4n) is 2.38. The van der Waals surface area contributed by atoms with Crippen molar-refractivity contribution in [2.75, 3.05) is 6.61 Å². The topological polar surface area (TPSA) is 53.2 Å². The predicted octanol–water partition coefficient (Wildman–Crippen LogP) is 2.25. The van der Waals surface area contributed by atoms with E-state index in [4.69, 9.17) is 10.00 Å². The molecule has 0 aromatic heterocycles. The van der Waals surface area contributed by atoms with Crippen LogP contribution >= 0.6 is 0 Å². The molecule has 0 radical (unpaired) electrons. The summed E-state index contributed by atoms with van der Waals surface area (Å²) in [5.74, 6) is -0.271. The Morgan fingerprint density at radius 1 is 1.53 bits per heavy atom. The third-order valence-corrected chi connectivity index (χ3v) is 3.63. The number of hydrogen-bond donors (Lipinski definition) is 1. The van der Waals surface area contributed by atoms with Gasteiger partial charge in [0.25, 0.3) is 0 Å². The highest BCUT2D eigenvalue weighted by Crippen LogP contribution is 2.39. The van der Waals surface area contributed by atoms with E-state index < -0.39 is 5.60 Å². The van der Waals surface area contributed by atoms with E-state index >= 15 is 0 Å². The third-order valence-electron chi connectivity index (χ3n) is 3.63. The lowest BCUT2D eigenvalue weighted by Gasteiger charge is -2.44. The number of hydrogen-bond acceptors (Lipinski definition) is 3. The van der Waals surface area contributed by atoms with Gasteiger partial charge in [0, 0.05) is 12.8 Å². The summed E-state index contributed by atoms with van der Waals surface area (Å²) in [6, 6.07) is 2.22.